The van der Waals surface area contributed by atoms with Crippen LogP contribution in [-0.4, -0.2) is 16.2 Å². The molecule has 0 aliphatic heterocycles. The number of hydrogen-bond donors (Lipinski definition) is 1. The summed E-state index contributed by atoms with van der Waals surface area (Å²) in [4.78, 5) is 11.8. The minimum absolute atomic E-state index is 0.0503. The molecule has 0 fully saturated rings. The molecular weight excluding hydrogens is 250 g/mol. The number of aryl methyl sites for hydroxylation is 2. The molecule has 0 radical (unpaired) electrons. The van der Waals surface area contributed by atoms with Crippen molar-refractivity contribution < 1.29 is 14.4 Å². The number of carboxylic acid groups (broad SMARTS) is 1. The highest BCUT2D eigenvalue weighted by molar-refractivity contribution is 7.98. The zero-order valence-corrected chi connectivity index (χ0v) is 11.0. The van der Waals surface area contributed by atoms with E-state index in [0.29, 0.717) is 11.5 Å². The van der Waals surface area contributed by atoms with Crippen LogP contribution in [0.25, 0.3) is 0 Å². The summed E-state index contributed by atoms with van der Waals surface area (Å²) in [5.41, 5.74) is 2.45. The van der Waals surface area contributed by atoms with Crippen molar-refractivity contribution in [2.24, 2.45) is 0 Å². The van der Waals surface area contributed by atoms with Crippen LogP contribution >= 0.6 is 11.8 Å². The van der Waals surface area contributed by atoms with Crippen molar-refractivity contribution in [2.45, 2.75) is 24.5 Å². The lowest BCUT2D eigenvalue weighted by molar-refractivity contribution is 0.0685. The van der Waals surface area contributed by atoms with Gasteiger partial charge >= 0.3 is 5.97 Å². The van der Waals surface area contributed by atoms with E-state index in [9.17, 15) is 4.79 Å². The van der Waals surface area contributed by atoms with Gasteiger partial charge in [-0.15, -0.1) is 11.8 Å². The van der Waals surface area contributed by atoms with E-state index in [1.54, 1.807) is 11.8 Å². The summed E-state index contributed by atoms with van der Waals surface area (Å²) in [5, 5.41) is 12.2. The Hall–Kier alpha value is -1.75. The van der Waals surface area contributed by atoms with Crippen molar-refractivity contribution in [1.82, 2.24) is 5.16 Å². The van der Waals surface area contributed by atoms with Crippen molar-refractivity contribution in [3.8, 4) is 0 Å². The second kappa shape index (κ2) is 5.27. The largest absolute Gasteiger partial charge is 0.476 e. The third-order valence-corrected chi connectivity index (χ3v) is 3.65. The van der Waals surface area contributed by atoms with Crippen LogP contribution in [-0.2, 0) is 5.75 Å². The Morgan fingerprint density at radius 1 is 1.33 bits per heavy atom. The number of hydrogen-bond acceptors (Lipinski definition) is 4. The van der Waals surface area contributed by atoms with Gasteiger partial charge in [-0.05, 0) is 37.1 Å². The zero-order chi connectivity index (χ0) is 13.1. The van der Waals surface area contributed by atoms with Gasteiger partial charge in [0.15, 0.2) is 5.69 Å². The molecule has 1 heterocycles. The number of nitrogens with zero attached hydrogens (tertiary/aromatic N) is 1. The van der Waals surface area contributed by atoms with Gasteiger partial charge in [-0.1, -0.05) is 11.2 Å². The smallest absolute Gasteiger partial charge is 0.358 e. The van der Waals surface area contributed by atoms with Crippen LogP contribution < -0.4 is 0 Å². The van der Waals surface area contributed by atoms with E-state index in [1.807, 2.05) is 6.07 Å². The average Bonchev–Trinajstić information content (AvgIpc) is 2.79. The quantitative estimate of drug-likeness (QED) is 0.857. The van der Waals surface area contributed by atoms with E-state index in [-0.39, 0.29) is 5.69 Å². The summed E-state index contributed by atoms with van der Waals surface area (Å²) in [7, 11) is 0. The lowest BCUT2D eigenvalue weighted by Crippen LogP contribution is -1.94. The number of carbonyl (C=O) groups is 1. The van der Waals surface area contributed by atoms with Crippen molar-refractivity contribution in [1.29, 1.82) is 0 Å². The van der Waals surface area contributed by atoms with Crippen LogP contribution in [0.15, 0.2) is 33.7 Å². The van der Waals surface area contributed by atoms with E-state index in [2.05, 4.69) is 31.1 Å². The van der Waals surface area contributed by atoms with Gasteiger partial charge in [0.2, 0.25) is 0 Å². The highest BCUT2D eigenvalue weighted by Crippen LogP contribution is 2.25. The molecule has 0 aliphatic rings. The second-order valence-electron chi connectivity index (χ2n) is 4.02. The number of thioether (sulfide) groups is 1. The van der Waals surface area contributed by atoms with Crippen molar-refractivity contribution in [2.75, 3.05) is 0 Å². The van der Waals surface area contributed by atoms with E-state index >= 15 is 0 Å². The number of aromatic nitrogens is 1. The third kappa shape index (κ3) is 2.92. The van der Waals surface area contributed by atoms with Crippen LogP contribution in [0.2, 0.25) is 0 Å². The minimum atomic E-state index is -1.07. The molecule has 2 rings (SSSR count). The van der Waals surface area contributed by atoms with Gasteiger partial charge in [-0.3, -0.25) is 0 Å². The van der Waals surface area contributed by atoms with E-state index in [1.165, 1.54) is 17.2 Å². The Kier molecular flexibility index (Phi) is 3.72. The fraction of sp³-hybridized carbons (Fsp3) is 0.231. The third-order valence-electron chi connectivity index (χ3n) is 2.64. The first-order chi connectivity index (χ1) is 8.56. The molecule has 1 aromatic carbocycles. The molecule has 0 bridgehead atoms. The van der Waals surface area contributed by atoms with Crippen LogP contribution in [0.3, 0.4) is 0 Å². The topological polar surface area (TPSA) is 63.3 Å². The lowest BCUT2D eigenvalue weighted by Gasteiger charge is -2.03. The number of carboxylic acids is 1. The van der Waals surface area contributed by atoms with Crippen molar-refractivity contribution in [3.05, 3.63) is 46.8 Å². The molecule has 0 amide bonds. The molecule has 0 saturated carbocycles. The Morgan fingerprint density at radius 2 is 2.11 bits per heavy atom. The van der Waals surface area contributed by atoms with Gasteiger partial charge in [0, 0.05) is 11.0 Å². The summed E-state index contributed by atoms with van der Waals surface area (Å²) in [5.74, 6) is 0.0692. The Balaban J connectivity index is 2.02. The summed E-state index contributed by atoms with van der Waals surface area (Å²) in [6, 6.07) is 7.67. The fourth-order valence-electron chi connectivity index (χ4n) is 1.44. The summed E-state index contributed by atoms with van der Waals surface area (Å²) >= 11 is 1.59. The number of benzene rings is 1. The lowest BCUT2D eigenvalue weighted by atomic mass is 10.1. The van der Waals surface area contributed by atoms with E-state index < -0.39 is 5.97 Å². The SMILES string of the molecule is Cc1ccc(SCc2cc(C(=O)O)no2)cc1C. The van der Waals surface area contributed by atoms with Gasteiger partial charge in [0.25, 0.3) is 0 Å². The molecule has 0 unspecified atom stereocenters. The van der Waals surface area contributed by atoms with E-state index in [0.717, 1.165) is 4.90 Å². The summed E-state index contributed by atoms with van der Waals surface area (Å²) in [6.07, 6.45) is 0. The van der Waals surface area contributed by atoms with Gasteiger partial charge in [0.05, 0.1) is 5.75 Å². The predicted molar refractivity (Wildman–Crippen MR) is 68.9 cm³/mol. The van der Waals surface area contributed by atoms with Crippen LogP contribution in [0.5, 0.6) is 0 Å². The molecule has 94 valence electrons. The zero-order valence-electron chi connectivity index (χ0n) is 10.1. The highest BCUT2D eigenvalue weighted by Gasteiger charge is 2.10. The Bertz CT molecular complexity index is 577. The maximum atomic E-state index is 10.6. The van der Waals surface area contributed by atoms with Crippen molar-refractivity contribution in [3.63, 3.8) is 0 Å². The van der Waals surface area contributed by atoms with Crippen molar-refractivity contribution >= 4 is 17.7 Å². The first-order valence-corrected chi connectivity index (χ1v) is 6.44. The molecule has 1 N–H and O–H groups in total. The highest BCUT2D eigenvalue weighted by atomic mass is 32.2. The molecule has 18 heavy (non-hydrogen) atoms. The van der Waals surface area contributed by atoms with Crippen LogP contribution in [0, 0.1) is 13.8 Å². The molecule has 0 aliphatic carbocycles. The summed E-state index contributed by atoms with van der Waals surface area (Å²) in [6.45, 7) is 4.13. The van der Waals surface area contributed by atoms with Crippen LogP contribution in [0.1, 0.15) is 27.4 Å². The first kappa shape index (κ1) is 12.7. The molecule has 2 aromatic rings. The van der Waals surface area contributed by atoms with Crippen LogP contribution in [0.4, 0.5) is 0 Å². The summed E-state index contributed by atoms with van der Waals surface area (Å²) < 4.78 is 4.95. The molecule has 4 nitrogen and oxygen atoms in total. The molecule has 0 atom stereocenters. The maximum absolute atomic E-state index is 10.6. The number of aromatic carboxylic acids is 1. The van der Waals surface area contributed by atoms with Gasteiger partial charge in [0.1, 0.15) is 5.76 Å². The average molecular weight is 263 g/mol. The molecular formula is C13H13NO3S. The van der Waals surface area contributed by atoms with E-state index in [4.69, 9.17) is 9.63 Å². The predicted octanol–water partition coefficient (Wildman–Crippen LogP) is 3.28. The monoisotopic (exact) mass is 263 g/mol. The molecule has 0 spiro atoms. The van der Waals surface area contributed by atoms with Gasteiger partial charge < -0.3 is 9.63 Å². The maximum Gasteiger partial charge on any atom is 0.358 e. The van der Waals surface area contributed by atoms with Gasteiger partial charge in [-0.2, -0.15) is 0 Å². The number of rotatable bonds is 4. The molecule has 1 aromatic heterocycles. The Labute approximate surface area is 109 Å². The molecule has 5 heteroatoms. The Morgan fingerprint density at radius 3 is 2.72 bits per heavy atom. The fourth-order valence-corrected chi connectivity index (χ4v) is 2.31. The minimum Gasteiger partial charge on any atom is -0.476 e. The van der Waals surface area contributed by atoms with Gasteiger partial charge in [-0.25, -0.2) is 4.79 Å². The molecule has 0 saturated heterocycles. The first-order valence-electron chi connectivity index (χ1n) is 5.45. The normalized spacial score (nSPS) is 10.6. The standard InChI is InChI=1S/C13H13NO3S/c1-8-3-4-11(5-9(8)2)18-7-10-6-12(13(15)16)14-17-10/h3-6H,7H2,1-2H3,(H,15,16). The second-order valence-corrected chi connectivity index (χ2v) is 5.07.